The zero-order valence-corrected chi connectivity index (χ0v) is 13.9. The van der Waals surface area contributed by atoms with Crippen molar-refractivity contribution >= 4 is 23.6 Å². The van der Waals surface area contributed by atoms with Gasteiger partial charge in [0.15, 0.2) is 0 Å². The normalized spacial score (nSPS) is 11.0. The van der Waals surface area contributed by atoms with E-state index < -0.39 is 11.9 Å². The van der Waals surface area contributed by atoms with E-state index in [2.05, 4.69) is 19.2 Å². The SMILES string of the molecule is CC(C)c1ccc(/C=C(\C#N)C(=O)Nc2ccc(C(=O)[O-])cc2)cc1. The zero-order valence-electron chi connectivity index (χ0n) is 13.9. The van der Waals surface area contributed by atoms with Gasteiger partial charge < -0.3 is 15.2 Å². The molecule has 0 aliphatic rings. The van der Waals surface area contributed by atoms with E-state index in [1.165, 1.54) is 35.9 Å². The number of amides is 1. The van der Waals surface area contributed by atoms with Crippen molar-refractivity contribution in [1.82, 2.24) is 0 Å². The number of anilines is 1. The maximum absolute atomic E-state index is 12.2. The van der Waals surface area contributed by atoms with E-state index in [1.807, 2.05) is 30.3 Å². The Balaban J connectivity index is 2.14. The third-order valence-corrected chi connectivity index (χ3v) is 3.66. The molecule has 0 aliphatic heterocycles. The van der Waals surface area contributed by atoms with Gasteiger partial charge in [0.2, 0.25) is 0 Å². The average Bonchev–Trinajstić information content (AvgIpc) is 2.60. The minimum Gasteiger partial charge on any atom is -0.545 e. The van der Waals surface area contributed by atoms with Crippen molar-refractivity contribution in [2.75, 3.05) is 5.32 Å². The molecule has 0 saturated heterocycles. The van der Waals surface area contributed by atoms with Crippen LogP contribution in [-0.2, 0) is 4.79 Å². The second kappa shape index (κ2) is 7.93. The summed E-state index contributed by atoms with van der Waals surface area (Å²) in [5, 5.41) is 22.5. The number of aromatic carboxylic acids is 1. The van der Waals surface area contributed by atoms with Gasteiger partial charge in [0, 0.05) is 5.69 Å². The van der Waals surface area contributed by atoms with E-state index >= 15 is 0 Å². The van der Waals surface area contributed by atoms with Crippen molar-refractivity contribution in [3.05, 3.63) is 70.8 Å². The molecule has 1 N–H and O–H groups in total. The van der Waals surface area contributed by atoms with Crippen LogP contribution in [0.1, 0.15) is 41.3 Å². The second-order valence-corrected chi connectivity index (χ2v) is 5.81. The lowest BCUT2D eigenvalue weighted by Gasteiger charge is -2.07. The summed E-state index contributed by atoms with van der Waals surface area (Å²) >= 11 is 0. The summed E-state index contributed by atoms with van der Waals surface area (Å²) in [5.74, 6) is -1.45. The Hall–Kier alpha value is -3.39. The Morgan fingerprint density at radius 1 is 1.08 bits per heavy atom. The van der Waals surface area contributed by atoms with Gasteiger partial charge >= 0.3 is 0 Å². The number of hydrogen-bond acceptors (Lipinski definition) is 4. The van der Waals surface area contributed by atoms with E-state index in [0.29, 0.717) is 11.6 Å². The van der Waals surface area contributed by atoms with Crippen LogP contribution in [0.15, 0.2) is 54.1 Å². The highest BCUT2D eigenvalue weighted by atomic mass is 16.4. The number of rotatable bonds is 5. The van der Waals surface area contributed by atoms with E-state index in [1.54, 1.807) is 0 Å². The third kappa shape index (κ3) is 4.79. The van der Waals surface area contributed by atoms with E-state index in [4.69, 9.17) is 0 Å². The fourth-order valence-corrected chi connectivity index (χ4v) is 2.18. The first-order chi connectivity index (χ1) is 11.9. The van der Waals surface area contributed by atoms with Crippen molar-refractivity contribution in [3.63, 3.8) is 0 Å². The summed E-state index contributed by atoms with van der Waals surface area (Å²) in [4.78, 5) is 22.9. The Morgan fingerprint density at radius 3 is 2.16 bits per heavy atom. The summed E-state index contributed by atoms with van der Waals surface area (Å²) in [6.45, 7) is 4.18. The molecule has 0 aliphatic carbocycles. The molecule has 1 amide bonds. The number of carboxylic acids is 1. The number of nitrogens with one attached hydrogen (secondary N) is 1. The smallest absolute Gasteiger partial charge is 0.266 e. The fraction of sp³-hybridized carbons (Fsp3) is 0.150. The van der Waals surface area contributed by atoms with Crippen LogP contribution in [0.2, 0.25) is 0 Å². The molecule has 0 unspecified atom stereocenters. The highest BCUT2D eigenvalue weighted by Crippen LogP contribution is 2.17. The van der Waals surface area contributed by atoms with Crippen LogP contribution in [-0.4, -0.2) is 11.9 Å². The monoisotopic (exact) mass is 333 g/mol. The number of carbonyl (C=O) groups excluding carboxylic acids is 2. The maximum atomic E-state index is 12.2. The zero-order chi connectivity index (χ0) is 18.4. The Bertz CT molecular complexity index is 842. The number of hydrogen-bond donors (Lipinski definition) is 1. The van der Waals surface area contributed by atoms with Gasteiger partial charge in [0.05, 0.1) is 5.97 Å². The first-order valence-electron chi connectivity index (χ1n) is 7.75. The molecule has 2 rings (SSSR count). The maximum Gasteiger partial charge on any atom is 0.266 e. The number of nitrogens with zero attached hydrogens (tertiary/aromatic N) is 1. The largest absolute Gasteiger partial charge is 0.545 e. The van der Waals surface area contributed by atoms with Crippen LogP contribution < -0.4 is 10.4 Å². The van der Waals surface area contributed by atoms with Crippen LogP contribution in [0.25, 0.3) is 6.08 Å². The van der Waals surface area contributed by atoms with Crippen molar-refractivity contribution in [2.45, 2.75) is 19.8 Å². The first-order valence-corrected chi connectivity index (χ1v) is 7.75. The number of nitriles is 1. The Labute approximate surface area is 146 Å². The molecule has 0 fully saturated rings. The number of carbonyl (C=O) groups is 2. The van der Waals surface area contributed by atoms with Gasteiger partial charge in [-0.2, -0.15) is 5.26 Å². The van der Waals surface area contributed by atoms with Gasteiger partial charge in [-0.3, -0.25) is 4.79 Å². The standard InChI is InChI=1S/C20H18N2O3/c1-13(2)15-5-3-14(4-6-15)11-17(12-21)19(23)22-18-9-7-16(8-10-18)20(24)25/h3-11,13H,1-2H3,(H,22,23)(H,24,25)/p-1/b17-11+. The summed E-state index contributed by atoms with van der Waals surface area (Å²) in [5.41, 5.74) is 2.29. The molecule has 0 atom stereocenters. The quantitative estimate of drug-likeness (QED) is 0.672. The van der Waals surface area contributed by atoms with Gasteiger partial charge in [-0.25, -0.2) is 0 Å². The predicted molar refractivity (Wildman–Crippen MR) is 93.5 cm³/mol. The molecule has 0 heterocycles. The predicted octanol–water partition coefficient (Wildman–Crippen LogP) is 2.72. The van der Waals surface area contributed by atoms with E-state index in [9.17, 15) is 20.0 Å². The molecule has 0 spiro atoms. The van der Waals surface area contributed by atoms with Crippen LogP contribution in [0.5, 0.6) is 0 Å². The highest BCUT2D eigenvalue weighted by Gasteiger charge is 2.10. The molecule has 0 bridgehead atoms. The van der Waals surface area contributed by atoms with Gasteiger partial charge in [-0.05, 0) is 40.8 Å². The molecule has 0 aromatic heterocycles. The molecular weight excluding hydrogens is 316 g/mol. The lowest BCUT2D eigenvalue weighted by atomic mass is 10.0. The minimum atomic E-state index is -1.29. The van der Waals surface area contributed by atoms with Gasteiger partial charge in [0.1, 0.15) is 11.6 Å². The van der Waals surface area contributed by atoms with Crippen molar-refractivity contribution < 1.29 is 14.7 Å². The summed E-state index contributed by atoms with van der Waals surface area (Å²) in [7, 11) is 0. The molecule has 25 heavy (non-hydrogen) atoms. The van der Waals surface area contributed by atoms with Gasteiger partial charge in [0.25, 0.3) is 5.91 Å². The summed E-state index contributed by atoms with van der Waals surface area (Å²) in [6.07, 6.45) is 1.51. The summed E-state index contributed by atoms with van der Waals surface area (Å²) < 4.78 is 0. The van der Waals surface area contributed by atoms with Crippen molar-refractivity contribution in [2.24, 2.45) is 0 Å². The van der Waals surface area contributed by atoms with Crippen LogP contribution in [0.4, 0.5) is 5.69 Å². The molecule has 5 nitrogen and oxygen atoms in total. The second-order valence-electron chi connectivity index (χ2n) is 5.81. The molecule has 2 aromatic rings. The van der Waals surface area contributed by atoms with Gasteiger partial charge in [-0.15, -0.1) is 0 Å². The van der Waals surface area contributed by atoms with Crippen molar-refractivity contribution in [1.29, 1.82) is 5.26 Å². The molecule has 126 valence electrons. The topological polar surface area (TPSA) is 93.0 Å². The van der Waals surface area contributed by atoms with Crippen LogP contribution >= 0.6 is 0 Å². The minimum absolute atomic E-state index is 0.0132. The highest BCUT2D eigenvalue weighted by molar-refractivity contribution is 6.09. The Morgan fingerprint density at radius 2 is 1.68 bits per heavy atom. The molecule has 2 aromatic carbocycles. The number of benzene rings is 2. The molecule has 0 radical (unpaired) electrons. The lowest BCUT2D eigenvalue weighted by Crippen LogP contribution is -2.22. The third-order valence-electron chi connectivity index (χ3n) is 3.66. The lowest BCUT2D eigenvalue weighted by molar-refractivity contribution is -0.255. The van der Waals surface area contributed by atoms with E-state index in [0.717, 1.165) is 5.56 Å². The van der Waals surface area contributed by atoms with Crippen LogP contribution in [0, 0.1) is 11.3 Å². The first kappa shape index (κ1) is 18.0. The molecular formula is C20H17N2O3-. The van der Waals surface area contributed by atoms with Crippen molar-refractivity contribution in [3.8, 4) is 6.07 Å². The summed E-state index contributed by atoms with van der Waals surface area (Å²) in [6, 6.07) is 15.0. The molecule has 5 heteroatoms. The van der Waals surface area contributed by atoms with Gasteiger partial charge in [-0.1, -0.05) is 50.2 Å². The average molecular weight is 333 g/mol. The number of carboxylic acid groups (broad SMARTS) is 1. The Kier molecular flexibility index (Phi) is 5.70. The van der Waals surface area contributed by atoms with Crippen LogP contribution in [0.3, 0.4) is 0 Å². The fourth-order valence-electron chi connectivity index (χ4n) is 2.18. The molecule has 0 saturated carbocycles. The van der Waals surface area contributed by atoms with E-state index in [-0.39, 0.29) is 11.1 Å².